The van der Waals surface area contributed by atoms with E-state index in [0.29, 0.717) is 5.75 Å². The molecule has 1 aromatic carbocycles. The Labute approximate surface area is 59.1 Å². The van der Waals surface area contributed by atoms with Crippen molar-refractivity contribution in [2.45, 2.75) is 0 Å². The summed E-state index contributed by atoms with van der Waals surface area (Å²) in [6, 6.07) is 6.52. The molecule has 50 valence electrons. The molecule has 0 heterocycles. The quantitative estimate of drug-likeness (QED) is 0.587. The van der Waals surface area contributed by atoms with Crippen molar-refractivity contribution in [3.05, 3.63) is 24.3 Å². The summed E-state index contributed by atoms with van der Waals surface area (Å²) in [7, 11) is 0. The average molecular weight is 134 g/mol. The van der Waals surface area contributed by atoms with Crippen molar-refractivity contribution in [2.24, 2.45) is 0 Å². The highest BCUT2D eigenvalue weighted by Gasteiger charge is 1.96. The molecule has 0 radical (unpaired) electrons. The van der Waals surface area contributed by atoms with E-state index in [1.54, 1.807) is 18.2 Å². The minimum absolute atomic E-state index is 0.0560. The average Bonchev–Trinajstić information content (AvgIpc) is 1.94. The number of terminal acetylenes is 1. The molecule has 0 bridgehead atoms. The molecular weight excluding hydrogens is 128 g/mol. The van der Waals surface area contributed by atoms with Gasteiger partial charge in [0.15, 0.2) is 11.5 Å². The highest BCUT2D eigenvalue weighted by atomic mass is 16.5. The molecule has 10 heavy (non-hydrogen) atoms. The first kappa shape index (κ1) is 6.50. The summed E-state index contributed by atoms with van der Waals surface area (Å²) in [5.74, 6) is 0.366. The number of phenols is 1. The smallest absolute Gasteiger partial charge is 0.181 e. The van der Waals surface area contributed by atoms with E-state index in [1.807, 2.05) is 6.11 Å². The largest absolute Gasteiger partial charge is 0.504 e. The Morgan fingerprint density at radius 3 is 2.70 bits per heavy atom. The highest BCUT2D eigenvalue weighted by molar-refractivity contribution is 5.38. The lowest BCUT2D eigenvalue weighted by Gasteiger charge is -1.97. The zero-order chi connectivity index (χ0) is 7.40. The molecular formula is C8H6O2. The van der Waals surface area contributed by atoms with E-state index in [0.717, 1.165) is 0 Å². The molecule has 0 unspecified atom stereocenters. The van der Waals surface area contributed by atoms with Crippen LogP contribution in [0, 0.1) is 12.5 Å². The van der Waals surface area contributed by atoms with Crippen LogP contribution >= 0.6 is 0 Å². The van der Waals surface area contributed by atoms with Gasteiger partial charge in [0.25, 0.3) is 0 Å². The van der Waals surface area contributed by atoms with Crippen molar-refractivity contribution >= 4 is 0 Å². The molecule has 0 spiro atoms. The van der Waals surface area contributed by atoms with Gasteiger partial charge in [0.05, 0.1) is 0 Å². The Balaban J connectivity index is 2.94. The second-order valence-corrected chi connectivity index (χ2v) is 1.69. The molecule has 2 heteroatoms. The van der Waals surface area contributed by atoms with Crippen LogP contribution in [-0.2, 0) is 0 Å². The topological polar surface area (TPSA) is 29.5 Å². The molecule has 0 aliphatic heterocycles. The molecule has 0 aromatic heterocycles. The van der Waals surface area contributed by atoms with Crippen LogP contribution in [0.5, 0.6) is 11.5 Å². The molecule has 0 amide bonds. The SMILES string of the molecule is C#COc1ccccc1O. The Kier molecular flexibility index (Phi) is 1.81. The van der Waals surface area contributed by atoms with Crippen molar-refractivity contribution in [3.63, 3.8) is 0 Å². The molecule has 2 nitrogen and oxygen atoms in total. The predicted octanol–water partition coefficient (Wildman–Crippen LogP) is 1.36. The van der Waals surface area contributed by atoms with Gasteiger partial charge in [0.1, 0.15) is 6.11 Å². The van der Waals surface area contributed by atoms with E-state index in [2.05, 4.69) is 4.74 Å². The molecule has 0 aliphatic carbocycles. The van der Waals surface area contributed by atoms with Gasteiger partial charge in [-0.25, -0.2) is 0 Å². The van der Waals surface area contributed by atoms with E-state index in [9.17, 15) is 0 Å². The van der Waals surface area contributed by atoms with Crippen LogP contribution in [0.25, 0.3) is 0 Å². The monoisotopic (exact) mass is 134 g/mol. The van der Waals surface area contributed by atoms with E-state index in [-0.39, 0.29) is 5.75 Å². The number of hydrogen-bond acceptors (Lipinski definition) is 2. The first-order valence-corrected chi connectivity index (χ1v) is 2.75. The van der Waals surface area contributed by atoms with Crippen molar-refractivity contribution < 1.29 is 9.84 Å². The Hall–Kier alpha value is -1.62. The third-order valence-electron chi connectivity index (χ3n) is 1.03. The number of rotatable bonds is 1. The van der Waals surface area contributed by atoms with Gasteiger partial charge in [-0.05, 0) is 12.1 Å². The standard InChI is InChI=1S/C8H6O2/c1-2-10-8-6-4-3-5-7(8)9/h1,3-6,9H. The molecule has 0 fully saturated rings. The molecule has 0 aliphatic rings. The number of hydrogen-bond donors (Lipinski definition) is 1. The lowest BCUT2D eigenvalue weighted by molar-refractivity contribution is 0.425. The third-order valence-corrected chi connectivity index (χ3v) is 1.03. The fraction of sp³-hybridized carbons (Fsp3) is 0. The van der Waals surface area contributed by atoms with Crippen LogP contribution in [0.2, 0.25) is 0 Å². The second kappa shape index (κ2) is 2.79. The lowest BCUT2D eigenvalue weighted by Crippen LogP contribution is -1.80. The summed E-state index contributed by atoms with van der Waals surface area (Å²) in [6.07, 6.45) is 6.81. The van der Waals surface area contributed by atoms with Gasteiger partial charge in [-0.2, -0.15) is 0 Å². The number of ether oxygens (including phenoxy) is 1. The lowest BCUT2D eigenvalue weighted by atomic mass is 10.3. The van der Waals surface area contributed by atoms with E-state index in [1.165, 1.54) is 6.07 Å². The molecule has 0 saturated heterocycles. The van der Waals surface area contributed by atoms with Crippen LogP contribution in [0.3, 0.4) is 0 Å². The summed E-state index contributed by atoms with van der Waals surface area (Å²) in [5, 5.41) is 9.02. The summed E-state index contributed by atoms with van der Waals surface area (Å²) in [6.45, 7) is 0. The maximum atomic E-state index is 9.02. The Morgan fingerprint density at radius 1 is 1.40 bits per heavy atom. The molecule has 0 atom stereocenters. The van der Waals surface area contributed by atoms with Crippen molar-refractivity contribution in [2.75, 3.05) is 0 Å². The zero-order valence-corrected chi connectivity index (χ0v) is 5.24. The molecule has 0 saturated carbocycles. The summed E-state index contributed by atoms with van der Waals surface area (Å²) in [5.41, 5.74) is 0. The van der Waals surface area contributed by atoms with Crippen LogP contribution in [0.15, 0.2) is 24.3 Å². The summed E-state index contributed by atoms with van der Waals surface area (Å²) < 4.78 is 4.61. The molecule has 1 rings (SSSR count). The Bertz CT molecular complexity index is 260. The first-order chi connectivity index (χ1) is 4.84. The van der Waals surface area contributed by atoms with Gasteiger partial charge in [-0.3, -0.25) is 0 Å². The van der Waals surface area contributed by atoms with Crippen molar-refractivity contribution in [1.82, 2.24) is 0 Å². The highest BCUT2D eigenvalue weighted by Crippen LogP contribution is 2.23. The number of aromatic hydroxyl groups is 1. The fourth-order valence-electron chi connectivity index (χ4n) is 0.607. The van der Waals surface area contributed by atoms with Gasteiger partial charge in [0, 0.05) is 0 Å². The van der Waals surface area contributed by atoms with Crippen LogP contribution in [0.4, 0.5) is 0 Å². The van der Waals surface area contributed by atoms with Gasteiger partial charge < -0.3 is 9.84 Å². The summed E-state index contributed by atoms with van der Waals surface area (Å²) in [4.78, 5) is 0. The maximum absolute atomic E-state index is 9.02. The zero-order valence-electron chi connectivity index (χ0n) is 5.24. The third kappa shape index (κ3) is 1.20. The van der Waals surface area contributed by atoms with Gasteiger partial charge in [-0.15, -0.1) is 0 Å². The second-order valence-electron chi connectivity index (χ2n) is 1.69. The normalized spacial score (nSPS) is 8.30. The van der Waals surface area contributed by atoms with Crippen LogP contribution < -0.4 is 4.74 Å². The predicted molar refractivity (Wildman–Crippen MR) is 37.6 cm³/mol. The van der Waals surface area contributed by atoms with Crippen LogP contribution in [-0.4, -0.2) is 5.11 Å². The van der Waals surface area contributed by atoms with E-state index in [4.69, 9.17) is 11.5 Å². The van der Waals surface area contributed by atoms with Crippen LogP contribution in [0.1, 0.15) is 0 Å². The molecule has 1 N–H and O–H groups in total. The van der Waals surface area contributed by atoms with Gasteiger partial charge in [0.2, 0.25) is 0 Å². The van der Waals surface area contributed by atoms with E-state index >= 15 is 0 Å². The van der Waals surface area contributed by atoms with Crippen molar-refractivity contribution in [3.8, 4) is 24.0 Å². The Morgan fingerprint density at radius 2 is 2.10 bits per heavy atom. The maximum Gasteiger partial charge on any atom is 0.181 e. The first-order valence-electron chi connectivity index (χ1n) is 2.75. The van der Waals surface area contributed by atoms with Gasteiger partial charge in [-0.1, -0.05) is 18.6 Å². The fourth-order valence-corrected chi connectivity index (χ4v) is 0.607. The van der Waals surface area contributed by atoms with E-state index < -0.39 is 0 Å². The number of benzene rings is 1. The van der Waals surface area contributed by atoms with Gasteiger partial charge >= 0.3 is 0 Å². The minimum Gasteiger partial charge on any atom is -0.504 e. The minimum atomic E-state index is 0.0560. The number of para-hydroxylation sites is 2. The number of phenolic OH excluding ortho intramolecular Hbond substituents is 1. The summed E-state index contributed by atoms with van der Waals surface area (Å²) >= 11 is 0. The molecule has 1 aromatic rings. The van der Waals surface area contributed by atoms with Crippen molar-refractivity contribution in [1.29, 1.82) is 0 Å².